The highest BCUT2D eigenvalue weighted by Crippen LogP contribution is 2.17. The molecule has 1 heterocycles. The van der Waals surface area contributed by atoms with Crippen molar-refractivity contribution in [3.05, 3.63) is 18.5 Å². The third-order valence-electron chi connectivity index (χ3n) is 1.94. The predicted octanol–water partition coefficient (Wildman–Crippen LogP) is 2.97. The summed E-state index contributed by atoms with van der Waals surface area (Å²) in [6.07, 6.45) is 3.69. The summed E-state index contributed by atoms with van der Waals surface area (Å²) >= 11 is 0. The highest BCUT2D eigenvalue weighted by atomic mass is 14.9. The first-order valence-electron chi connectivity index (χ1n) is 5.44. The number of rotatable bonds is 4. The van der Waals surface area contributed by atoms with E-state index < -0.39 is 0 Å². The summed E-state index contributed by atoms with van der Waals surface area (Å²) in [7, 11) is 0. The van der Waals surface area contributed by atoms with Crippen molar-refractivity contribution in [1.29, 1.82) is 0 Å². The topological polar surface area (TPSA) is 37.0 Å². The SMILES string of the molecule is CCNc1cncc(NCC(C)(C)C)c1. The molecule has 0 aliphatic heterocycles. The van der Waals surface area contributed by atoms with Crippen molar-refractivity contribution >= 4 is 11.4 Å². The van der Waals surface area contributed by atoms with Crippen molar-refractivity contribution in [2.24, 2.45) is 5.41 Å². The Kier molecular flexibility index (Phi) is 3.95. The van der Waals surface area contributed by atoms with Crippen LogP contribution in [0.1, 0.15) is 27.7 Å². The summed E-state index contributed by atoms with van der Waals surface area (Å²) in [5.41, 5.74) is 2.42. The molecule has 2 N–H and O–H groups in total. The molecule has 0 bridgehead atoms. The van der Waals surface area contributed by atoms with Gasteiger partial charge in [-0.1, -0.05) is 20.8 Å². The van der Waals surface area contributed by atoms with E-state index in [9.17, 15) is 0 Å². The number of aromatic nitrogens is 1. The lowest BCUT2D eigenvalue weighted by Crippen LogP contribution is -2.19. The van der Waals surface area contributed by atoms with Crippen LogP contribution >= 0.6 is 0 Å². The van der Waals surface area contributed by atoms with Gasteiger partial charge in [-0.3, -0.25) is 4.98 Å². The minimum absolute atomic E-state index is 0.286. The zero-order chi connectivity index (χ0) is 11.3. The van der Waals surface area contributed by atoms with Crippen molar-refractivity contribution in [2.75, 3.05) is 23.7 Å². The Balaban J connectivity index is 2.57. The predicted molar refractivity (Wildman–Crippen MR) is 66.3 cm³/mol. The zero-order valence-electron chi connectivity index (χ0n) is 10.1. The summed E-state index contributed by atoms with van der Waals surface area (Å²) in [5, 5.41) is 6.62. The highest BCUT2D eigenvalue weighted by molar-refractivity contribution is 5.53. The molecule has 0 fully saturated rings. The van der Waals surface area contributed by atoms with Gasteiger partial charge in [0, 0.05) is 13.1 Å². The molecule has 1 aromatic heterocycles. The molecule has 0 aliphatic carbocycles. The van der Waals surface area contributed by atoms with Crippen molar-refractivity contribution in [1.82, 2.24) is 4.98 Å². The second-order valence-electron chi connectivity index (χ2n) is 4.91. The van der Waals surface area contributed by atoms with Crippen LogP contribution in [0.2, 0.25) is 0 Å². The van der Waals surface area contributed by atoms with Gasteiger partial charge in [0.15, 0.2) is 0 Å². The number of anilines is 2. The maximum atomic E-state index is 4.18. The lowest BCUT2D eigenvalue weighted by molar-refractivity contribution is 0.443. The lowest BCUT2D eigenvalue weighted by atomic mass is 9.97. The van der Waals surface area contributed by atoms with Crippen LogP contribution in [0.4, 0.5) is 11.4 Å². The zero-order valence-corrected chi connectivity index (χ0v) is 10.1. The van der Waals surface area contributed by atoms with Gasteiger partial charge in [-0.15, -0.1) is 0 Å². The minimum atomic E-state index is 0.286. The third-order valence-corrected chi connectivity index (χ3v) is 1.94. The Bertz CT molecular complexity index is 302. The fourth-order valence-corrected chi connectivity index (χ4v) is 1.20. The van der Waals surface area contributed by atoms with Gasteiger partial charge in [0.05, 0.1) is 23.8 Å². The molecule has 0 saturated carbocycles. The van der Waals surface area contributed by atoms with Crippen LogP contribution in [-0.4, -0.2) is 18.1 Å². The second-order valence-corrected chi connectivity index (χ2v) is 4.91. The molecular formula is C12H21N3. The molecule has 0 radical (unpaired) electrons. The number of pyridine rings is 1. The Hall–Kier alpha value is -1.25. The van der Waals surface area contributed by atoms with Crippen LogP contribution in [0.5, 0.6) is 0 Å². The Morgan fingerprint density at radius 2 is 1.73 bits per heavy atom. The summed E-state index contributed by atoms with van der Waals surface area (Å²) in [6, 6.07) is 2.09. The van der Waals surface area contributed by atoms with Crippen molar-refractivity contribution in [3.63, 3.8) is 0 Å². The van der Waals surface area contributed by atoms with E-state index in [2.05, 4.69) is 49.4 Å². The first-order valence-corrected chi connectivity index (χ1v) is 5.44. The van der Waals surface area contributed by atoms with Gasteiger partial charge < -0.3 is 10.6 Å². The summed E-state index contributed by atoms with van der Waals surface area (Å²) in [5.74, 6) is 0. The molecule has 0 aliphatic rings. The van der Waals surface area contributed by atoms with Crippen LogP contribution < -0.4 is 10.6 Å². The average molecular weight is 207 g/mol. The van der Waals surface area contributed by atoms with Crippen LogP contribution in [0.25, 0.3) is 0 Å². The van der Waals surface area contributed by atoms with Crippen molar-refractivity contribution in [2.45, 2.75) is 27.7 Å². The molecule has 1 aromatic rings. The molecule has 1 rings (SSSR count). The van der Waals surface area contributed by atoms with E-state index in [0.717, 1.165) is 24.5 Å². The second kappa shape index (κ2) is 5.01. The van der Waals surface area contributed by atoms with Crippen LogP contribution in [0.15, 0.2) is 18.5 Å². The fraction of sp³-hybridized carbons (Fsp3) is 0.583. The van der Waals surface area contributed by atoms with Gasteiger partial charge in [0.25, 0.3) is 0 Å². The number of hydrogen-bond donors (Lipinski definition) is 2. The smallest absolute Gasteiger partial charge is 0.0547 e. The number of nitrogens with zero attached hydrogens (tertiary/aromatic N) is 1. The summed E-state index contributed by atoms with van der Waals surface area (Å²) < 4.78 is 0. The quantitative estimate of drug-likeness (QED) is 0.797. The third kappa shape index (κ3) is 4.68. The maximum Gasteiger partial charge on any atom is 0.0547 e. The number of nitrogens with one attached hydrogen (secondary N) is 2. The molecular weight excluding hydrogens is 186 g/mol. The first-order chi connectivity index (χ1) is 7.01. The molecule has 0 unspecified atom stereocenters. The molecule has 15 heavy (non-hydrogen) atoms. The van der Waals surface area contributed by atoms with Crippen LogP contribution in [0, 0.1) is 5.41 Å². The summed E-state index contributed by atoms with van der Waals surface area (Å²) in [6.45, 7) is 10.6. The van der Waals surface area contributed by atoms with E-state index in [1.165, 1.54) is 0 Å². The number of hydrogen-bond acceptors (Lipinski definition) is 3. The van der Waals surface area contributed by atoms with Crippen LogP contribution in [0.3, 0.4) is 0 Å². The average Bonchev–Trinajstić information content (AvgIpc) is 2.15. The molecule has 0 amide bonds. The Morgan fingerprint density at radius 3 is 2.27 bits per heavy atom. The minimum Gasteiger partial charge on any atom is -0.384 e. The monoisotopic (exact) mass is 207 g/mol. The normalized spacial score (nSPS) is 11.2. The van der Waals surface area contributed by atoms with Gasteiger partial charge in [-0.05, 0) is 18.4 Å². The highest BCUT2D eigenvalue weighted by Gasteiger charge is 2.09. The van der Waals surface area contributed by atoms with Gasteiger partial charge in [-0.25, -0.2) is 0 Å². The fourth-order valence-electron chi connectivity index (χ4n) is 1.20. The maximum absolute atomic E-state index is 4.18. The molecule has 3 heteroatoms. The van der Waals surface area contributed by atoms with E-state index in [-0.39, 0.29) is 5.41 Å². The van der Waals surface area contributed by atoms with Crippen molar-refractivity contribution in [3.8, 4) is 0 Å². The molecule has 0 atom stereocenters. The van der Waals surface area contributed by atoms with Crippen LogP contribution in [-0.2, 0) is 0 Å². The molecule has 0 aromatic carbocycles. The van der Waals surface area contributed by atoms with Crippen molar-refractivity contribution < 1.29 is 0 Å². The van der Waals surface area contributed by atoms with Gasteiger partial charge in [0.1, 0.15) is 0 Å². The van der Waals surface area contributed by atoms with E-state index >= 15 is 0 Å². The van der Waals surface area contributed by atoms with Gasteiger partial charge in [-0.2, -0.15) is 0 Å². The standard InChI is InChI=1S/C12H21N3/c1-5-14-10-6-11(8-13-7-10)15-9-12(2,3)4/h6-8,14-15H,5,9H2,1-4H3. The Morgan fingerprint density at radius 1 is 1.13 bits per heavy atom. The van der Waals surface area contributed by atoms with Gasteiger partial charge >= 0.3 is 0 Å². The van der Waals surface area contributed by atoms with E-state index in [1.54, 1.807) is 0 Å². The Labute approximate surface area is 92.3 Å². The largest absolute Gasteiger partial charge is 0.384 e. The molecule has 84 valence electrons. The summed E-state index contributed by atoms with van der Waals surface area (Å²) in [4.78, 5) is 4.18. The first kappa shape index (κ1) is 11.8. The molecule has 3 nitrogen and oxygen atoms in total. The molecule has 0 spiro atoms. The lowest BCUT2D eigenvalue weighted by Gasteiger charge is -2.19. The van der Waals surface area contributed by atoms with E-state index in [0.29, 0.717) is 0 Å². The van der Waals surface area contributed by atoms with E-state index in [1.807, 2.05) is 12.4 Å². The van der Waals surface area contributed by atoms with Gasteiger partial charge in [0.2, 0.25) is 0 Å². The molecule has 0 saturated heterocycles. The van der Waals surface area contributed by atoms with E-state index in [4.69, 9.17) is 0 Å².